The molecule has 0 aromatic carbocycles. The second-order valence-corrected chi connectivity index (χ2v) is 6.71. The summed E-state index contributed by atoms with van der Waals surface area (Å²) in [4.78, 5) is 34.8. The minimum Gasteiger partial charge on any atom is -0.481 e. The average molecular weight is 348 g/mol. The zero-order valence-electron chi connectivity index (χ0n) is 13.3. The summed E-state index contributed by atoms with van der Waals surface area (Å²) in [7, 11) is 0. The highest BCUT2D eigenvalue weighted by Crippen LogP contribution is 2.47. The minimum absolute atomic E-state index is 0.0923. The highest BCUT2D eigenvalue weighted by atomic mass is 16.7. The number of carbonyl (C=O) groups is 3. The third kappa shape index (κ3) is 2.86. The first-order valence-electron chi connectivity index (χ1n) is 7.21. The molecule has 3 N–H and O–H groups in total. The number of hydrogen-bond donors (Lipinski definition) is 3. The van der Waals surface area contributed by atoms with Gasteiger partial charge >= 0.3 is 17.9 Å². The van der Waals surface area contributed by atoms with Gasteiger partial charge in [0.1, 0.15) is 6.79 Å². The standard InChI is InChI=1S/C14H20O10/c1-12(2,3-8(15)16)11-23-6-13(4-21-7-22-5-13)14(24-11,9(17)18)10(19)20/h11H,3-7H2,1-2H3,(H,15,16)(H,17,18)(H,19,20). The van der Waals surface area contributed by atoms with E-state index in [1.807, 2.05) is 0 Å². The summed E-state index contributed by atoms with van der Waals surface area (Å²) in [5.41, 5.74) is -5.41. The second-order valence-electron chi connectivity index (χ2n) is 6.71. The molecule has 1 atom stereocenters. The SMILES string of the molecule is CC(C)(CC(=O)O)C1OCC2(COCOC2)C(C(=O)O)(C(=O)O)O1. The zero-order valence-corrected chi connectivity index (χ0v) is 13.3. The molecule has 0 saturated carbocycles. The molecule has 1 spiro atoms. The van der Waals surface area contributed by atoms with Crippen LogP contribution in [0.4, 0.5) is 0 Å². The number of carboxylic acids is 3. The van der Waals surface area contributed by atoms with Gasteiger partial charge in [0.25, 0.3) is 5.60 Å². The zero-order chi connectivity index (χ0) is 18.2. The van der Waals surface area contributed by atoms with E-state index in [2.05, 4.69) is 0 Å². The smallest absolute Gasteiger partial charge is 0.348 e. The van der Waals surface area contributed by atoms with Crippen molar-refractivity contribution in [3.8, 4) is 0 Å². The molecule has 2 aliphatic rings. The molecule has 2 fully saturated rings. The van der Waals surface area contributed by atoms with E-state index >= 15 is 0 Å². The molecule has 0 aromatic heterocycles. The lowest BCUT2D eigenvalue weighted by molar-refractivity contribution is -0.356. The van der Waals surface area contributed by atoms with Gasteiger partial charge in [0, 0.05) is 5.41 Å². The summed E-state index contributed by atoms with van der Waals surface area (Å²) >= 11 is 0. The van der Waals surface area contributed by atoms with Crippen LogP contribution in [-0.4, -0.2) is 71.7 Å². The third-order valence-corrected chi connectivity index (χ3v) is 4.31. The maximum absolute atomic E-state index is 11.9. The van der Waals surface area contributed by atoms with Gasteiger partial charge in [-0.25, -0.2) is 9.59 Å². The molecular weight excluding hydrogens is 328 g/mol. The summed E-state index contributed by atoms with van der Waals surface area (Å²) in [6.45, 7) is 2.10. The van der Waals surface area contributed by atoms with Crippen LogP contribution in [0, 0.1) is 10.8 Å². The molecule has 2 aliphatic heterocycles. The van der Waals surface area contributed by atoms with Gasteiger partial charge in [-0.3, -0.25) is 4.79 Å². The Kier molecular flexibility index (Phi) is 4.86. The second kappa shape index (κ2) is 6.28. The van der Waals surface area contributed by atoms with Crippen molar-refractivity contribution in [1.82, 2.24) is 0 Å². The first-order chi connectivity index (χ1) is 11.1. The van der Waals surface area contributed by atoms with Crippen LogP contribution in [0.2, 0.25) is 0 Å². The molecule has 0 radical (unpaired) electrons. The van der Waals surface area contributed by atoms with Crippen LogP contribution in [0.5, 0.6) is 0 Å². The predicted molar refractivity (Wildman–Crippen MR) is 74.1 cm³/mol. The van der Waals surface area contributed by atoms with Gasteiger partial charge in [-0.1, -0.05) is 13.8 Å². The van der Waals surface area contributed by atoms with Crippen molar-refractivity contribution in [2.24, 2.45) is 10.8 Å². The molecule has 2 rings (SSSR count). The molecule has 1 unspecified atom stereocenters. The van der Waals surface area contributed by atoms with Crippen LogP contribution in [0.1, 0.15) is 20.3 Å². The fourth-order valence-electron chi connectivity index (χ4n) is 3.02. The normalized spacial score (nSPS) is 26.0. The van der Waals surface area contributed by atoms with E-state index in [-0.39, 0.29) is 26.6 Å². The van der Waals surface area contributed by atoms with Crippen LogP contribution in [0.3, 0.4) is 0 Å². The molecule has 0 aliphatic carbocycles. The average Bonchev–Trinajstić information content (AvgIpc) is 2.46. The number of ether oxygens (including phenoxy) is 4. The van der Waals surface area contributed by atoms with Crippen LogP contribution in [0.15, 0.2) is 0 Å². The molecule has 0 bridgehead atoms. The number of hydrogen-bond acceptors (Lipinski definition) is 7. The van der Waals surface area contributed by atoms with E-state index in [4.69, 9.17) is 24.1 Å². The van der Waals surface area contributed by atoms with Gasteiger partial charge in [0.2, 0.25) is 0 Å². The van der Waals surface area contributed by atoms with Crippen molar-refractivity contribution >= 4 is 17.9 Å². The maximum Gasteiger partial charge on any atom is 0.348 e. The predicted octanol–water partition coefficient (Wildman–Crippen LogP) is -0.241. The number of carboxylic acid groups (broad SMARTS) is 3. The van der Waals surface area contributed by atoms with Crippen LogP contribution in [-0.2, 0) is 33.3 Å². The topological polar surface area (TPSA) is 149 Å². The number of rotatable bonds is 5. The molecule has 10 nitrogen and oxygen atoms in total. The molecule has 136 valence electrons. The van der Waals surface area contributed by atoms with Gasteiger partial charge in [-0.05, 0) is 0 Å². The summed E-state index contributed by atoms with van der Waals surface area (Å²) in [6.07, 6.45) is -1.74. The lowest BCUT2D eigenvalue weighted by atomic mass is 9.71. The monoisotopic (exact) mass is 348 g/mol. The Bertz CT molecular complexity index is 520. The molecule has 0 amide bonds. The van der Waals surface area contributed by atoms with Crippen molar-refractivity contribution in [2.45, 2.75) is 32.2 Å². The summed E-state index contributed by atoms with van der Waals surface area (Å²) in [5, 5.41) is 28.3. The van der Waals surface area contributed by atoms with Crippen LogP contribution in [0.25, 0.3) is 0 Å². The molecule has 24 heavy (non-hydrogen) atoms. The summed E-state index contributed by atoms with van der Waals surface area (Å²) < 4.78 is 21.1. The van der Waals surface area contributed by atoms with E-state index < -0.39 is 47.0 Å². The highest BCUT2D eigenvalue weighted by molar-refractivity contribution is 6.03. The largest absolute Gasteiger partial charge is 0.481 e. The fourth-order valence-corrected chi connectivity index (χ4v) is 3.02. The van der Waals surface area contributed by atoms with E-state index in [9.17, 15) is 24.6 Å². The fraction of sp³-hybridized carbons (Fsp3) is 0.786. The Hall–Kier alpha value is -1.75. The molecule has 2 saturated heterocycles. The van der Waals surface area contributed by atoms with Crippen molar-refractivity contribution in [3.05, 3.63) is 0 Å². The minimum atomic E-state index is -2.67. The third-order valence-electron chi connectivity index (χ3n) is 4.31. The Morgan fingerprint density at radius 3 is 2.04 bits per heavy atom. The Labute approximate surface area is 137 Å². The van der Waals surface area contributed by atoms with Gasteiger partial charge in [-0.15, -0.1) is 0 Å². The van der Waals surface area contributed by atoms with Gasteiger partial charge in [0.15, 0.2) is 6.29 Å². The van der Waals surface area contributed by atoms with E-state index in [0.29, 0.717) is 0 Å². The van der Waals surface area contributed by atoms with E-state index in [1.165, 1.54) is 13.8 Å². The van der Waals surface area contributed by atoms with Crippen molar-refractivity contribution in [1.29, 1.82) is 0 Å². The Balaban J connectivity index is 2.43. The number of aliphatic carboxylic acids is 3. The van der Waals surface area contributed by atoms with Crippen molar-refractivity contribution in [3.63, 3.8) is 0 Å². The summed E-state index contributed by atoms with van der Waals surface area (Å²) in [6, 6.07) is 0. The lowest BCUT2D eigenvalue weighted by Crippen LogP contribution is -2.72. The highest BCUT2D eigenvalue weighted by Gasteiger charge is 2.69. The van der Waals surface area contributed by atoms with Crippen LogP contribution < -0.4 is 0 Å². The van der Waals surface area contributed by atoms with E-state index in [1.54, 1.807) is 0 Å². The van der Waals surface area contributed by atoms with Gasteiger partial charge in [-0.2, -0.15) is 0 Å². The van der Waals surface area contributed by atoms with Crippen molar-refractivity contribution in [2.75, 3.05) is 26.6 Å². The molecule has 0 aromatic rings. The first-order valence-corrected chi connectivity index (χ1v) is 7.21. The lowest BCUT2D eigenvalue weighted by Gasteiger charge is -2.52. The first kappa shape index (κ1) is 18.6. The molecular formula is C14H20O10. The summed E-state index contributed by atoms with van der Waals surface area (Å²) in [5.74, 6) is -4.58. The van der Waals surface area contributed by atoms with Crippen molar-refractivity contribution < 1.29 is 48.7 Å². The Morgan fingerprint density at radius 1 is 1.04 bits per heavy atom. The van der Waals surface area contributed by atoms with Gasteiger partial charge in [0.05, 0.1) is 31.7 Å². The quantitative estimate of drug-likeness (QED) is 0.568. The van der Waals surface area contributed by atoms with Crippen LogP contribution >= 0.6 is 0 Å². The maximum atomic E-state index is 11.9. The van der Waals surface area contributed by atoms with E-state index in [0.717, 1.165) is 0 Å². The molecule has 2 heterocycles. The Morgan fingerprint density at radius 2 is 1.58 bits per heavy atom. The van der Waals surface area contributed by atoms with Gasteiger partial charge < -0.3 is 34.3 Å². The molecule has 10 heteroatoms.